The Labute approximate surface area is 338 Å². The maximum atomic E-state index is 11.9. The third-order valence-electron chi connectivity index (χ3n) is 5.51. The van der Waals surface area contributed by atoms with Crippen LogP contribution < -0.4 is 11.4 Å². The predicted octanol–water partition coefficient (Wildman–Crippen LogP) is 3.66. The topological polar surface area (TPSA) is 261 Å². The molecule has 2 aliphatic rings. The van der Waals surface area contributed by atoms with Crippen LogP contribution in [0.15, 0.2) is 64.7 Å². The van der Waals surface area contributed by atoms with Gasteiger partial charge < -0.3 is 44.3 Å². The van der Waals surface area contributed by atoms with Crippen molar-refractivity contribution < 1.29 is 95.3 Å². The van der Waals surface area contributed by atoms with Gasteiger partial charge in [0.25, 0.3) is 0 Å². The van der Waals surface area contributed by atoms with Crippen LogP contribution in [0.3, 0.4) is 0 Å². The second-order valence-electron chi connectivity index (χ2n) is 8.11. The first-order valence-corrected chi connectivity index (χ1v) is 13.8. The van der Waals surface area contributed by atoms with Crippen molar-refractivity contribution in [2.24, 2.45) is 0 Å². The molecule has 2 N–H and O–H groups in total. The fraction of sp³-hybridized carbons (Fsp3) is 0.371. The SMILES string of the molecule is CCOC(=O)/C=C/C1=C[C@@H](OC)O[C@@H]1CC.CCOC(=O)/C=C/C1=C[C@H](n2ccc(N)nc2=O)O[C@@H]1CC.[C-]#[O+].[C-]#[O+].[C-]#[O+].[C-]#[O+].[C-]#[O+].[C-]#[O+].[CH3-].[CH3-].[Fe].[Fe]. The molecule has 0 unspecified atom stereocenters. The number of carbonyl (C=O) groups is 2. The van der Waals surface area contributed by atoms with Gasteiger partial charge in [0.1, 0.15) is 5.82 Å². The smallest absolute Gasteiger partial charge is 0 e. The summed E-state index contributed by atoms with van der Waals surface area (Å²) in [7, 11) is 1.59. The monoisotopic (exact) mass is 841 g/mol. The number of nitrogens with zero attached hydrogens (tertiary/aromatic N) is 2. The molecule has 0 radical (unpaired) electrons. The fourth-order valence-electron chi connectivity index (χ4n) is 3.69. The first-order valence-electron chi connectivity index (χ1n) is 13.8. The van der Waals surface area contributed by atoms with Crippen molar-refractivity contribution in [3.63, 3.8) is 0 Å². The molecule has 4 atom stereocenters. The van der Waals surface area contributed by atoms with E-state index in [0.717, 1.165) is 17.6 Å². The molecule has 0 aliphatic carbocycles. The molecular formula is C35H43Fe2N3O14-2. The van der Waals surface area contributed by atoms with E-state index < -0.39 is 17.9 Å². The van der Waals surface area contributed by atoms with Crippen molar-refractivity contribution in [1.29, 1.82) is 0 Å². The van der Waals surface area contributed by atoms with Crippen LogP contribution in [0.1, 0.15) is 46.8 Å². The minimum Gasteiger partial charge on any atom is -0.358 e. The molecule has 0 saturated heterocycles. The summed E-state index contributed by atoms with van der Waals surface area (Å²) in [4.78, 5) is 38.0. The molecule has 1 aromatic heterocycles. The van der Waals surface area contributed by atoms with Crippen LogP contribution in [0.2, 0.25) is 0 Å². The summed E-state index contributed by atoms with van der Waals surface area (Å²) in [5.41, 5.74) is 6.78. The van der Waals surface area contributed by atoms with E-state index in [-0.39, 0.29) is 79.3 Å². The van der Waals surface area contributed by atoms with Gasteiger partial charge in [0.2, 0.25) is 0 Å². The first-order chi connectivity index (χ1) is 24.3. The van der Waals surface area contributed by atoms with Crippen LogP contribution in [0, 0.1) is 54.8 Å². The number of nitrogens with two attached hydrogens (primary N) is 1. The number of esters is 2. The Hall–Kier alpha value is -4.06. The zero-order valence-corrected chi connectivity index (χ0v) is 32.9. The number of aromatic nitrogens is 2. The van der Waals surface area contributed by atoms with Gasteiger partial charge in [-0.15, -0.1) is 0 Å². The molecule has 300 valence electrons. The normalized spacial score (nSPS) is 16.2. The van der Waals surface area contributed by atoms with E-state index >= 15 is 0 Å². The van der Waals surface area contributed by atoms with Gasteiger partial charge in [0, 0.05) is 59.6 Å². The summed E-state index contributed by atoms with van der Waals surface area (Å²) in [5, 5.41) is 0. The number of anilines is 1. The molecule has 3 rings (SSSR count). The Balaban J connectivity index is -0.0000000807. The van der Waals surface area contributed by atoms with Crippen molar-refractivity contribution in [1.82, 2.24) is 9.55 Å². The molecular weight excluding hydrogens is 798 g/mol. The number of nitrogen functional groups attached to an aromatic ring is 1. The number of hydrogen-bond acceptors (Lipinski definition) is 10. The Morgan fingerprint density at radius 2 is 1.17 bits per heavy atom. The molecule has 2 aliphatic heterocycles. The van der Waals surface area contributed by atoms with E-state index in [2.05, 4.69) is 44.9 Å². The van der Waals surface area contributed by atoms with E-state index in [4.69, 9.17) is 57.3 Å². The third kappa shape index (κ3) is 30.4. The van der Waals surface area contributed by atoms with E-state index in [1.165, 1.54) is 29.0 Å². The van der Waals surface area contributed by atoms with Gasteiger partial charge in [-0.2, -0.15) is 4.98 Å². The van der Waals surface area contributed by atoms with Crippen LogP contribution in [0.25, 0.3) is 0 Å². The van der Waals surface area contributed by atoms with E-state index in [9.17, 15) is 14.4 Å². The van der Waals surface area contributed by atoms with Crippen LogP contribution in [0.4, 0.5) is 5.82 Å². The van der Waals surface area contributed by atoms with Gasteiger partial charge in [0.15, 0.2) is 12.5 Å². The first kappa shape index (κ1) is 71.4. The predicted molar refractivity (Wildman–Crippen MR) is 177 cm³/mol. The van der Waals surface area contributed by atoms with Crippen LogP contribution in [-0.2, 0) is 95.3 Å². The molecule has 17 nitrogen and oxygen atoms in total. The van der Waals surface area contributed by atoms with Gasteiger partial charge in [0.05, 0.1) is 25.4 Å². The fourth-order valence-corrected chi connectivity index (χ4v) is 3.69. The molecule has 0 bridgehead atoms. The van der Waals surface area contributed by atoms with Gasteiger partial charge in [-0.3, -0.25) is 4.57 Å². The molecule has 1 aromatic rings. The van der Waals surface area contributed by atoms with Crippen molar-refractivity contribution in [2.45, 2.75) is 65.3 Å². The van der Waals surface area contributed by atoms with Crippen LogP contribution >= 0.6 is 0 Å². The van der Waals surface area contributed by atoms with Crippen molar-refractivity contribution in [2.75, 3.05) is 26.1 Å². The molecule has 0 amide bonds. The Bertz CT molecular complexity index is 1360. The zero-order chi connectivity index (χ0) is 40.1. The number of carbonyl (C=O) groups excluding carboxylic acids is 2. The van der Waals surface area contributed by atoms with Crippen molar-refractivity contribution in [3.05, 3.63) is 125 Å². The zero-order valence-electron chi connectivity index (χ0n) is 30.7. The summed E-state index contributed by atoms with van der Waals surface area (Å²) < 4.78 is 72.4. The van der Waals surface area contributed by atoms with E-state index in [0.29, 0.717) is 19.6 Å². The number of methoxy groups -OCH3 is 1. The van der Waals surface area contributed by atoms with Gasteiger partial charge in [-0.25, -0.2) is 14.4 Å². The van der Waals surface area contributed by atoms with Gasteiger partial charge >= 0.3 is 85.4 Å². The standard InChI is InChI=1S/C15H19N3O4.C12H18O4.6CO.2CH3.2Fe/c1-3-11-10(5-6-14(19)21-4-2)9-13(22-11)18-8-7-12(16)17-15(18)20;1-4-10-9(8-12(14-3)16-10)6-7-11(13)15-5-2;6*1-2;;;;/h5-9,11,13H,3-4H2,1-2H3,(H2,16,17,20);6-8,10,12H,4-5H2,1-3H3;;;;;;;2*1H3;;/q;;;;;;;;2*-1;;/b6-5+;7-6+;;;;;;;;;;/t11-,13-;10-,12+;;;;;;;;;;/m11........../s1. The summed E-state index contributed by atoms with van der Waals surface area (Å²) in [5.74, 6) is -0.579. The quantitative estimate of drug-likeness (QED) is 0.118. The molecule has 0 saturated carbocycles. The molecule has 0 spiro atoms. The Morgan fingerprint density at radius 3 is 1.52 bits per heavy atom. The van der Waals surface area contributed by atoms with Gasteiger partial charge in [-0.05, 0) is 68.2 Å². The molecule has 3 heterocycles. The molecule has 19 heteroatoms. The van der Waals surface area contributed by atoms with E-state index in [1.54, 1.807) is 39.2 Å². The van der Waals surface area contributed by atoms with Gasteiger partial charge in [-0.1, -0.05) is 13.8 Å². The third-order valence-corrected chi connectivity index (χ3v) is 5.51. The summed E-state index contributed by atoms with van der Waals surface area (Å²) in [6, 6.07) is 1.53. The van der Waals surface area contributed by atoms with Crippen molar-refractivity contribution in [3.8, 4) is 0 Å². The Kier molecular flexibility index (Phi) is 67.5. The Morgan fingerprint density at radius 1 is 0.778 bits per heavy atom. The average molecular weight is 841 g/mol. The molecule has 0 aromatic carbocycles. The number of hydrogen-bond donors (Lipinski definition) is 1. The summed E-state index contributed by atoms with van der Waals surface area (Å²) in [6.45, 7) is 35.2. The maximum absolute atomic E-state index is 11.9. The second kappa shape index (κ2) is 51.0. The number of rotatable bonds is 10. The average Bonchev–Trinajstić information content (AvgIpc) is 3.79. The maximum Gasteiger partial charge on any atom is 0 e. The summed E-state index contributed by atoms with van der Waals surface area (Å²) >= 11 is 0. The second-order valence-corrected chi connectivity index (χ2v) is 8.11. The largest absolute Gasteiger partial charge is 0.358 e. The van der Waals surface area contributed by atoms with Crippen molar-refractivity contribution >= 4 is 17.8 Å². The molecule has 0 fully saturated rings. The summed E-state index contributed by atoms with van der Waals surface area (Å²) in [6.07, 6.45) is 11.8. The van der Waals surface area contributed by atoms with Crippen LogP contribution in [0.5, 0.6) is 0 Å². The number of ether oxygens (including phenoxy) is 5. The minimum atomic E-state index is -0.563. The van der Waals surface area contributed by atoms with Crippen LogP contribution in [-0.4, -0.2) is 60.3 Å². The minimum absolute atomic E-state index is 0. The molecule has 54 heavy (non-hydrogen) atoms. The van der Waals surface area contributed by atoms with E-state index in [1.807, 2.05) is 19.9 Å².